The number of rotatable bonds is 42. The first-order valence-electron chi connectivity index (χ1n) is 32.8. The summed E-state index contributed by atoms with van der Waals surface area (Å²) in [5, 5.41) is 36.3. The van der Waals surface area contributed by atoms with E-state index < -0.39 is 46.8 Å². The number of aliphatic hydroxyl groups excluding tert-OH is 1. The zero-order valence-electron chi connectivity index (χ0n) is 55.0. The third-order valence-corrected chi connectivity index (χ3v) is 16.6. The standard InChI is InChI=1S/C66H85F3N14O15/c1-89-57-41-72-64(60-59(57)54(40-71-60)61(86)66(88)80-13-8-48(9-14-80)53(39-70)47-6-3-2-4-7-47)83-46-73-63(76-83)65(87)74-50-38-52(44-84)81(42-50)12-5-11-78-15-17-79(18-16-78)19-22-91-25-28-94-32-33-96-34-35-97-45-51-43-82(77-75-51)20-23-92-26-29-95-31-30-93-27-24-90-21-10-58(85)98-62-55(68)36-49(67)37-56(62)69/h2-4,6-7,36-37,40-41,43,46,50,52,71,84H,5,8-35,38,42,44-45H2,1H3,(H,74,87)/t50-,52-/m0/s1. The highest BCUT2D eigenvalue weighted by atomic mass is 19.1. The number of benzene rings is 2. The van der Waals surface area contributed by atoms with Crippen molar-refractivity contribution in [2.45, 2.75) is 57.3 Å². The number of nitrogens with one attached hydrogen (secondary N) is 2. The first-order chi connectivity index (χ1) is 47.9. The number of aromatic nitrogens is 8. The van der Waals surface area contributed by atoms with Gasteiger partial charge in [0.1, 0.15) is 23.6 Å². The lowest BCUT2D eigenvalue weighted by atomic mass is 9.93. The van der Waals surface area contributed by atoms with Gasteiger partial charge >= 0.3 is 5.97 Å². The number of nitrogens with zero attached hydrogens (tertiary/aromatic N) is 12. The van der Waals surface area contributed by atoms with Gasteiger partial charge in [-0.25, -0.2) is 27.8 Å². The van der Waals surface area contributed by atoms with Gasteiger partial charge in [0.15, 0.2) is 17.5 Å². The number of methoxy groups -OCH3 is 1. The van der Waals surface area contributed by atoms with Crippen molar-refractivity contribution >= 4 is 40.0 Å². The van der Waals surface area contributed by atoms with Gasteiger partial charge in [-0.05, 0) is 49.9 Å². The molecule has 3 saturated heterocycles. The molecule has 0 bridgehead atoms. The number of hydrogen-bond acceptors (Lipinski definition) is 24. The molecule has 3 fully saturated rings. The molecule has 6 aromatic rings. The van der Waals surface area contributed by atoms with E-state index in [-0.39, 0.29) is 81.0 Å². The van der Waals surface area contributed by atoms with Gasteiger partial charge in [0, 0.05) is 82.8 Å². The molecule has 98 heavy (non-hydrogen) atoms. The van der Waals surface area contributed by atoms with Gasteiger partial charge in [0.2, 0.25) is 11.6 Å². The van der Waals surface area contributed by atoms with Crippen LogP contribution in [0.25, 0.3) is 22.3 Å². The number of halogens is 3. The molecule has 0 radical (unpaired) electrons. The predicted molar refractivity (Wildman–Crippen MR) is 344 cm³/mol. The lowest BCUT2D eigenvalue weighted by Gasteiger charge is -2.35. The Balaban J connectivity index is 0.545. The average molecular weight is 1370 g/mol. The fraction of sp³-hybridized carbons (Fsp3) is 0.545. The van der Waals surface area contributed by atoms with Crippen LogP contribution in [0.4, 0.5) is 13.2 Å². The van der Waals surface area contributed by atoms with Crippen LogP contribution in [0, 0.1) is 28.8 Å². The minimum Gasteiger partial charge on any atom is -0.494 e. The molecule has 0 spiro atoms. The smallest absolute Gasteiger partial charge is 0.313 e. The van der Waals surface area contributed by atoms with Crippen LogP contribution in [0.1, 0.15) is 64.3 Å². The summed E-state index contributed by atoms with van der Waals surface area (Å²) in [6.45, 7) is 13.7. The van der Waals surface area contributed by atoms with E-state index in [0.29, 0.717) is 153 Å². The minimum absolute atomic E-state index is 0.0323. The maximum Gasteiger partial charge on any atom is 0.313 e. The number of nitriles is 1. The molecule has 3 N–H and O–H groups in total. The van der Waals surface area contributed by atoms with E-state index in [1.165, 1.54) is 35.4 Å². The molecule has 2 amide bonds. The van der Waals surface area contributed by atoms with E-state index in [0.717, 1.165) is 63.4 Å². The van der Waals surface area contributed by atoms with Crippen LogP contribution in [0.2, 0.25) is 0 Å². The van der Waals surface area contributed by atoms with E-state index in [9.17, 15) is 42.7 Å². The fourth-order valence-electron chi connectivity index (χ4n) is 11.5. The van der Waals surface area contributed by atoms with Gasteiger partial charge in [-0.15, -0.1) is 10.2 Å². The molecule has 530 valence electrons. The number of carbonyl (C=O) groups excluding carboxylic acids is 4. The normalized spacial score (nSPS) is 16.2. The molecule has 2 atom stereocenters. The quantitative estimate of drug-likeness (QED) is 0.0123. The van der Waals surface area contributed by atoms with Crippen LogP contribution >= 0.6 is 0 Å². The van der Waals surface area contributed by atoms with Crippen LogP contribution in [-0.4, -0.2) is 278 Å². The molecule has 3 aliphatic rings. The van der Waals surface area contributed by atoms with Crippen LogP contribution in [0.5, 0.6) is 11.5 Å². The summed E-state index contributed by atoms with van der Waals surface area (Å²) < 4.78 is 98.0. The number of Topliss-reactive ketones (excluding diaryl/α,β-unsaturated/α-hetero) is 1. The first kappa shape index (κ1) is 74.1. The number of aromatic amines is 1. The second kappa shape index (κ2) is 39.4. The zero-order valence-corrected chi connectivity index (χ0v) is 55.0. The predicted octanol–water partition coefficient (Wildman–Crippen LogP) is 3.44. The van der Waals surface area contributed by atoms with Crippen LogP contribution in [0.3, 0.4) is 0 Å². The summed E-state index contributed by atoms with van der Waals surface area (Å²) in [6.07, 6.45) is 8.18. The second-order valence-electron chi connectivity index (χ2n) is 23.2. The lowest BCUT2D eigenvalue weighted by Crippen LogP contribution is -2.48. The molecule has 29 nitrogen and oxygen atoms in total. The van der Waals surface area contributed by atoms with Gasteiger partial charge in [0.05, 0.1) is 173 Å². The molecular weight excluding hydrogens is 1290 g/mol. The number of aliphatic hydroxyl groups is 1. The Labute approximate surface area is 564 Å². The third kappa shape index (κ3) is 22.2. The van der Waals surface area contributed by atoms with E-state index in [4.69, 9.17) is 42.6 Å². The monoisotopic (exact) mass is 1370 g/mol. The van der Waals surface area contributed by atoms with Crippen molar-refractivity contribution in [3.63, 3.8) is 0 Å². The van der Waals surface area contributed by atoms with Gasteiger partial charge in [-0.2, -0.15) is 9.94 Å². The van der Waals surface area contributed by atoms with Crippen molar-refractivity contribution in [3.8, 4) is 23.4 Å². The number of likely N-dealkylation sites (tertiary alicyclic amines) is 2. The summed E-state index contributed by atoms with van der Waals surface area (Å²) in [7, 11) is 1.44. The van der Waals surface area contributed by atoms with Crippen LogP contribution in [0.15, 0.2) is 73.0 Å². The zero-order chi connectivity index (χ0) is 68.9. The van der Waals surface area contributed by atoms with Crippen LogP contribution < -0.4 is 14.8 Å². The van der Waals surface area contributed by atoms with E-state index in [2.05, 4.69) is 61.2 Å². The number of carbonyl (C=O) groups is 4. The molecule has 0 aliphatic carbocycles. The molecule has 0 saturated carbocycles. The van der Waals surface area contributed by atoms with Crippen molar-refractivity contribution in [1.29, 1.82) is 5.26 Å². The molecule has 2 aromatic carbocycles. The van der Waals surface area contributed by atoms with Gasteiger partial charge < -0.3 is 72.6 Å². The maximum atomic E-state index is 13.9. The Morgan fingerprint density at radius 2 is 1.36 bits per heavy atom. The number of amides is 2. The number of allylic oxidation sites excluding steroid dienone is 1. The van der Waals surface area contributed by atoms with E-state index in [1.807, 2.05) is 30.3 Å². The van der Waals surface area contributed by atoms with Gasteiger partial charge in [-0.1, -0.05) is 35.5 Å². The summed E-state index contributed by atoms with van der Waals surface area (Å²) in [5.74, 6) is -7.09. The number of piperidine rings is 1. The Hall–Kier alpha value is -8.17. The number of H-pyrrole nitrogens is 1. The Morgan fingerprint density at radius 3 is 1.99 bits per heavy atom. The Bertz CT molecular complexity index is 3550. The minimum atomic E-state index is -1.31. The summed E-state index contributed by atoms with van der Waals surface area (Å²) in [4.78, 5) is 73.4. The fourth-order valence-corrected chi connectivity index (χ4v) is 11.5. The number of piperazine rings is 1. The second-order valence-corrected chi connectivity index (χ2v) is 23.2. The van der Waals surface area contributed by atoms with Crippen LogP contribution in [-0.2, 0) is 60.6 Å². The summed E-state index contributed by atoms with van der Waals surface area (Å²) in [5.41, 5.74) is 3.50. The van der Waals surface area contributed by atoms with Gasteiger partial charge in [-0.3, -0.25) is 29.0 Å². The number of ether oxygens (including phenoxy) is 10. The molecular formula is C66H85F3N14O15. The van der Waals surface area contributed by atoms with Crippen molar-refractivity contribution in [2.75, 3.05) is 178 Å². The number of hydrogen-bond donors (Lipinski definition) is 3. The third-order valence-electron chi connectivity index (χ3n) is 16.6. The van der Waals surface area contributed by atoms with E-state index in [1.54, 1.807) is 10.9 Å². The van der Waals surface area contributed by atoms with Crippen molar-refractivity contribution < 1.29 is 84.8 Å². The van der Waals surface area contributed by atoms with Crippen molar-refractivity contribution in [2.24, 2.45) is 0 Å². The number of pyridine rings is 1. The number of esters is 1. The summed E-state index contributed by atoms with van der Waals surface area (Å²) in [6, 6.07) is 12.2. The van der Waals surface area contributed by atoms with Crippen molar-refractivity contribution in [3.05, 3.63) is 113 Å². The number of fused-ring (bicyclic) bond motifs is 1. The summed E-state index contributed by atoms with van der Waals surface area (Å²) >= 11 is 0. The Morgan fingerprint density at radius 1 is 0.745 bits per heavy atom. The van der Waals surface area contributed by atoms with E-state index >= 15 is 0 Å². The largest absolute Gasteiger partial charge is 0.494 e. The highest BCUT2D eigenvalue weighted by molar-refractivity contribution is 6.45. The molecule has 32 heteroatoms. The first-order valence-corrected chi connectivity index (χ1v) is 32.8. The lowest BCUT2D eigenvalue weighted by molar-refractivity contribution is -0.136. The average Bonchev–Trinajstić information content (AvgIpc) is 1.58. The highest BCUT2D eigenvalue weighted by Crippen LogP contribution is 2.33. The molecule has 9 rings (SSSR count). The topological polar surface area (TPSA) is 320 Å². The molecule has 3 aliphatic heterocycles. The van der Waals surface area contributed by atoms with Gasteiger partial charge in [0.25, 0.3) is 17.6 Å². The molecule has 4 aromatic heterocycles. The van der Waals surface area contributed by atoms with Crippen molar-refractivity contribution in [1.82, 2.24) is 64.6 Å². The molecule has 7 heterocycles. The maximum absolute atomic E-state index is 13.9. The Kier molecular flexibility index (Phi) is 29.8. The highest BCUT2D eigenvalue weighted by Gasteiger charge is 2.34. The number of ketones is 1. The SMILES string of the molecule is COc1cnc(-n2cnc(C(=O)N[C@H]3C[C@@H](CO)N(CCCN4CCN(CCOCCOCCOCCOCc5cn(CCOCCOCCOCCOCCC(=O)Oc6c(F)cc(F)cc6F)nn5)CC4)C3)n2)c2[nH]cc(C(=O)C(=O)N3CCC(=C(C#N)c4ccccc4)CC3)c12. The molecule has 0 unspecified atom stereocenters.